The minimum absolute atomic E-state index is 0.268. The lowest BCUT2D eigenvalue weighted by Gasteiger charge is -2.17. The largest absolute Gasteiger partial charge is 0.350 e. The Morgan fingerprint density at radius 2 is 2.12 bits per heavy atom. The van der Waals surface area contributed by atoms with Gasteiger partial charge in [0, 0.05) is 18.0 Å². The van der Waals surface area contributed by atoms with Gasteiger partial charge in [0.1, 0.15) is 5.82 Å². The third-order valence-corrected chi connectivity index (χ3v) is 2.69. The predicted octanol–water partition coefficient (Wildman–Crippen LogP) is 1.90. The Bertz CT molecular complexity index is 364. The molecule has 0 amide bonds. The average Bonchev–Trinajstić information content (AvgIpc) is 2.74. The highest BCUT2D eigenvalue weighted by Crippen LogP contribution is 2.23. The van der Waals surface area contributed by atoms with Crippen LogP contribution in [0.2, 0.25) is 0 Å². The standard InChI is InChI=1S/C12H16FNO2/c1-8-2-3-10(13)9(6-8)11(14)7-12-15-4-5-16-12/h2-3,6,11-12H,4-5,7,14H2,1H3. The number of ether oxygens (including phenoxy) is 2. The fourth-order valence-corrected chi connectivity index (χ4v) is 1.82. The van der Waals surface area contributed by atoms with Crippen LogP contribution in [-0.2, 0) is 9.47 Å². The fraction of sp³-hybridized carbons (Fsp3) is 0.500. The molecule has 4 heteroatoms. The van der Waals surface area contributed by atoms with E-state index in [4.69, 9.17) is 15.2 Å². The highest BCUT2D eigenvalue weighted by molar-refractivity contribution is 5.26. The van der Waals surface area contributed by atoms with Crippen LogP contribution in [0.15, 0.2) is 18.2 Å². The Morgan fingerprint density at radius 1 is 1.44 bits per heavy atom. The van der Waals surface area contributed by atoms with E-state index < -0.39 is 0 Å². The summed E-state index contributed by atoms with van der Waals surface area (Å²) >= 11 is 0. The van der Waals surface area contributed by atoms with E-state index in [0.29, 0.717) is 25.2 Å². The summed E-state index contributed by atoms with van der Waals surface area (Å²) < 4.78 is 24.1. The normalized spacial score (nSPS) is 18.9. The van der Waals surface area contributed by atoms with Gasteiger partial charge in [-0.2, -0.15) is 0 Å². The first-order valence-electron chi connectivity index (χ1n) is 5.41. The molecule has 88 valence electrons. The molecule has 0 radical (unpaired) electrons. The first kappa shape index (κ1) is 11.5. The zero-order chi connectivity index (χ0) is 11.5. The van der Waals surface area contributed by atoms with Gasteiger partial charge in [-0.1, -0.05) is 17.7 Å². The second-order valence-electron chi connectivity index (χ2n) is 4.04. The minimum Gasteiger partial charge on any atom is -0.350 e. The zero-order valence-electron chi connectivity index (χ0n) is 9.28. The van der Waals surface area contributed by atoms with Crippen LogP contribution in [-0.4, -0.2) is 19.5 Å². The fourth-order valence-electron chi connectivity index (χ4n) is 1.82. The average molecular weight is 225 g/mol. The predicted molar refractivity (Wildman–Crippen MR) is 58.4 cm³/mol. The van der Waals surface area contributed by atoms with Crippen LogP contribution >= 0.6 is 0 Å². The van der Waals surface area contributed by atoms with Crippen molar-refractivity contribution in [3.8, 4) is 0 Å². The van der Waals surface area contributed by atoms with Crippen LogP contribution in [0.4, 0.5) is 4.39 Å². The molecule has 2 N–H and O–H groups in total. The number of rotatable bonds is 3. The minimum atomic E-state index is -0.386. The topological polar surface area (TPSA) is 44.5 Å². The molecule has 1 aromatic carbocycles. The van der Waals surface area contributed by atoms with Crippen LogP contribution in [0, 0.1) is 12.7 Å². The number of aryl methyl sites for hydroxylation is 1. The monoisotopic (exact) mass is 225 g/mol. The SMILES string of the molecule is Cc1ccc(F)c(C(N)CC2OCCO2)c1. The maximum absolute atomic E-state index is 13.5. The van der Waals surface area contributed by atoms with Gasteiger partial charge in [-0.25, -0.2) is 4.39 Å². The molecule has 1 aliphatic rings. The second kappa shape index (κ2) is 4.91. The lowest BCUT2D eigenvalue weighted by Crippen LogP contribution is -2.20. The maximum atomic E-state index is 13.5. The summed E-state index contributed by atoms with van der Waals surface area (Å²) in [7, 11) is 0. The summed E-state index contributed by atoms with van der Waals surface area (Å²) in [6, 6.07) is 4.56. The van der Waals surface area contributed by atoms with Crippen molar-refractivity contribution in [2.24, 2.45) is 5.73 Å². The molecule has 16 heavy (non-hydrogen) atoms. The van der Waals surface area contributed by atoms with Crippen molar-refractivity contribution in [2.45, 2.75) is 25.7 Å². The van der Waals surface area contributed by atoms with E-state index >= 15 is 0 Å². The molecule has 0 spiro atoms. The van der Waals surface area contributed by atoms with Gasteiger partial charge in [-0.05, 0) is 13.0 Å². The van der Waals surface area contributed by atoms with Crippen molar-refractivity contribution in [2.75, 3.05) is 13.2 Å². The summed E-state index contributed by atoms with van der Waals surface area (Å²) in [4.78, 5) is 0. The first-order chi connectivity index (χ1) is 7.66. The summed E-state index contributed by atoms with van der Waals surface area (Å²) in [5, 5.41) is 0. The molecule has 0 saturated carbocycles. The van der Waals surface area contributed by atoms with Gasteiger partial charge < -0.3 is 15.2 Å². The van der Waals surface area contributed by atoms with E-state index in [0.717, 1.165) is 5.56 Å². The van der Waals surface area contributed by atoms with Crippen LogP contribution in [0.5, 0.6) is 0 Å². The molecule has 1 saturated heterocycles. The second-order valence-corrected chi connectivity index (χ2v) is 4.04. The molecule has 1 atom stereocenters. The highest BCUT2D eigenvalue weighted by Gasteiger charge is 2.21. The van der Waals surface area contributed by atoms with Gasteiger partial charge in [0.2, 0.25) is 0 Å². The molecule has 0 aromatic heterocycles. The Kier molecular flexibility index (Phi) is 3.53. The molecular weight excluding hydrogens is 209 g/mol. The lowest BCUT2D eigenvalue weighted by molar-refractivity contribution is -0.0509. The van der Waals surface area contributed by atoms with Gasteiger partial charge >= 0.3 is 0 Å². The molecule has 0 aliphatic carbocycles. The molecule has 1 unspecified atom stereocenters. The van der Waals surface area contributed by atoms with Crippen LogP contribution in [0.1, 0.15) is 23.6 Å². The van der Waals surface area contributed by atoms with E-state index in [2.05, 4.69) is 0 Å². The third kappa shape index (κ3) is 2.58. The third-order valence-electron chi connectivity index (χ3n) is 2.69. The summed E-state index contributed by atoms with van der Waals surface area (Å²) in [5.74, 6) is -0.268. The van der Waals surface area contributed by atoms with Crippen molar-refractivity contribution in [1.82, 2.24) is 0 Å². The summed E-state index contributed by atoms with van der Waals surface area (Å²) in [5.41, 5.74) is 7.47. The molecular formula is C12H16FNO2. The van der Waals surface area contributed by atoms with Crippen molar-refractivity contribution in [1.29, 1.82) is 0 Å². The molecule has 2 rings (SSSR count). The number of nitrogens with two attached hydrogens (primary N) is 1. The zero-order valence-corrected chi connectivity index (χ0v) is 9.28. The van der Waals surface area contributed by atoms with E-state index in [1.54, 1.807) is 12.1 Å². The van der Waals surface area contributed by atoms with Crippen LogP contribution in [0.25, 0.3) is 0 Å². The maximum Gasteiger partial charge on any atom is 0.159 e. The number of halogens is 1. The first-order valence-corrected chi connectivity index (χ1v) is 5.41. The van der Waals surface area contributed by atoms with E-state index in [-0.39, 0.29) is 18.1 Å². The van der Waals surface area contributed by atoms with Crippen molar-refractivity contribution >= 4 is 0 Å². The van der Waals surface area contributed by atoms with Crippen molar-refractivity contribution in [3.05, 3.63) is 35.1 Å². The van der Waals surface area contributed by atoms with Gasteiger partial charge in [-0.3, -0.25) is 0 Å². The Labute approximate surface area is 94.3 Å². The van der Waals surface area contributed by atoms with Crippen LogP contribution < -0.4 is 5.73 Å². The van der Waals surface area contributed by atoms with Gasteiger partial charge in [0.15, 0.2) is 6.29 Å². The van der Waals surface area contributed by atoms with Crippen LogP contribution in [0.3, 0.4) is 0 Å². The van der Waals surface area contributed by atoms with Gasteiger partial charge in [-0.15, -0.1) is 0 Å². The van der Waals surface area contributed by atoms with E-state index in [1.807, 2.05) is 6.92 Å². The number of hydrogen-bond acceptors (Lipinski definition) is 3. The Morgan fingerprint density at radius 3 is 2.81 bits per heavy atom. The molecule has 1 aromatic rings. The Hall–Kier alpha value is -0.970. The summed E-state index contributed by atoms with van der Waals surface area (Å²) in [6.07, 6.45) is 0.190. The van der Waals surface area contributed by atoms with E-state index in [1.165, 1.54) is 6.07 Å². The van der Waals surface area contributed by atoms with Gasteiger partial charge in [0.25, 0.3) is 0 Å². The quantitative estimate of drug-likeness (QED) is 0.854. The van der Waals surface area contributed by atoms with Crippen molar-refractivity contribution in [3.63, 3.8) is 0 Å². The number of hydrogen-bond donors (Lipinski definition) is 1. The molecule has 1 heterocycles. The van der Waals surface area contributed by atoms with E-state index in [9.17, 15) is 4.39 Å². The smallest absolute Gasteiger partial charge is 0.159 e. The Balaban J connectivity index is 2.07. The van der Waals surface area contributed by atoms with Gasteiger partial charge in [0.05, 0.1) is 13.2 Å². The number of benzene rings is 1. The highest BCUT2D eigenvalue weighted by atomic mass is 19.1. The summed E-state index contributed by atoms with van der Waals surface area (Å²) in [6.45, 7) is 3.10. The van der Waals surface area contributed by atoms with Crippen molar-refractivity contribution < 1.29 is 13.9 Å². The molecule has 1 aliphatic heterocycles. The molecule has 1 fully saturated rings. The molecule has 3 nitrogen and oxygen atoms in total. The lowest BCUT2D eigenvalue weighted by atomic mass is 10.0. The molecule has 0 bridgehead atoms.